The van der Waals surface area contributed by atoms with Crippen LogP contribution in [0.25, 0.3) is 10.8 Å². The Hall–Kier alpha value is -2.77. The Bertz CT molecular complexity index is 789. The van der Waals surface area contributed by atoms with Crippen LogP contribution in [-0.2, 0) is 14.3 Å². The average Bonchev–Trinajstić information content (AvgIpc) is 2.58. The number of carbonyl (C=O) groups excluding carboxylic acids is 2. The fourth-order valence-corrected chi connectivity index (χ4v) is 2.38. The number of esters is 1. The third kappa shape index (κ3) is 4.01. The fraction of sp³-hybridized carbons (Fsp3) is 0.294. The van der Waals surface area contributed by atoms with Gasteiger partial charge < -0.3 is 9.47 Å². The molecule has 0 aliphatic rings. The van der Waals surface area contributed by atoms with Crippen molar-refractivity contribution in [2.75, 3.05) is 25.2 Å². The second-order valence-electron chi connectivity index (χ2n) is 5.03. The number of halogens is 3. The van der Waals surface area contributed by atoms with Crippen molar-refractivity contribution in [3.05, 3.63) is 36.4 Å². The van der Waals surface area contributed by atoms with Gasteiger partial charge in [0.2, 0.25) is 0 Å². The maximum Gasteiger partial charge on any atom is 0.471 e. The summed E-state index contributed by atoms with van der Waals surface area (Å²) in [5.74, 6) is -3.08. The largest absolute Gasteiger partial charge is 0.492 e. The lowest BCUT2D eigenvalue weighted by Gasteiger charge is -2.26. The number of rotatable bonds is 5. The zero-order valence-corrected chi connectivity index (χ0v) is 13.6. The Labute approximate surface area is 141 Å². The van der Waals surface area contributed by atoms with Gasteiger partial charge in [0.05, 0.1) is 19.4 Å². The molecule has 1 amide bonds. The molecule has 2 aromatic carbocycles. The molecule has 0 atom stereocenters. The van der Waals surface area contributed by atoms with Crippen LogP contribution in [0, 0.1) is 0 Å². The van der Waals surface area contributed by atoms with Crippen molar-refractivity contribution in [1.29, 1.82) is 0 Å². The molecular formula is C17H16F3NO4. The first-order valence-corrected chi connectivity index (χ1v) is 7.39. The van der Waals surface area contributed by atoms with Crippen LogP contribution in [0.1, 0.15) is 6.92 Å². The normalized spacial score (nSPS) is 11.2. The monoisotopic (exact) mass is 355 g/mol. The summed E-state index contributed by atoms with van der Waals surface area (Å²) in [5, 5.41) is 0.959. The van der Waals surface area contributed by atoms with Gasteiger partial charge in [-0.2, -0.15) is 13.2 Å². The number of hydrogen-bond acceptors (Lipinski definition) is 4. The number of nitrogens with zero attached hydrogens (tertiary/aromatic N) is 1. The minimum atomic E-state index is -5.16. The van der Waals surface area contributed by atoms with Crippen molar-refractivity contribution in [2.24, 2.45) is 0 Å². The van der Waals surface area contributed by atoms with E-state index in [0.29, 0.717) is 15.7 Å². The van der Waals surface area contributed by atoms with Crippen LogP contribution in [0.15, 0.2) is 36.4 Å². The lowest BCUT2D eigenvalue weighted by molar-refractivity contribution is -0.171. The molecule has 0 saturated carbocycles. The van der Waals surface area contributed by atoms with Gasteiger partial charge >= 0.3 is 18.1 Å². The van der Waals surface area contributed by atoms with Crippen molar-refractivity contribution in [1.82, 2.24) is 0 Å². The smallest absolute Gasteiger partial charge is 0.471 e. The lowest BCUT2D eigenvalue weighted by Crippen LogP contribution is -2.44. The minimum Gasteiger partial charge on any atom is -0.492 e. The van der Waals surface area contributed by atoms with Gasteiger partial charge in [0.15, 0.2) is 0 Å². The van der Waals surface area contributed by atoms with E-state index < -0.39 is 24.6 Å². The average molecular weight is 355 g/mol. The van der Waals surface area contributed by atoms with Gasteiger partial charge in [0, 0.05) is 5.39 Å². The molecule has 0 saturated heterocycles. The summed E-state index contributed by atoms with van der Waals surface area (Å²) in [6.45, 7) is 0.954. The molecule has 0 aliphatic carbocycles. The predicted molar refractivity (Wildman–Crippen MR) is 85.5 cm³/mol. The van der Waals surface area contributed by atoms with Crippen molar-refractivity contribution in [2.45, 2.75) is 13.1 Å². The summed E-state index contributed by atoms with van der Waals surface area (Å²) >= 11 is 0. The number of benzene rings is 2. The van der Waals surface area contributed by atoms with Crippen molar-refractivity contribution < 1.29 is 32.2 Å². The highest BCUT2D eigenvalue weighted by Gasteiger charge is 2.44. The highest BCUT2D eigenvalue weighted by molar-refractivity contribution is 6.09. The SMILES string of the molecule is CCOc1ccc2ccccc2c1N(CC(=O)OC)C(=O)C(F)(F)F. The molecule has 0 spiro atoms. The van der Waals surface area contributed by atoms with E-state index in [9.17, 15) is 22.8 Å². The first kappa shape index (κ1) is 18.6. The second-order valence-corrected chi connectivity index (χ2v) is 5.03. The van der Waals surface area contributed by atoms with E-state index in [1.54, 1.807) is 37.3 Å². The Balaban J connectivity index is 2.71. The van der Waals surface area contributed by atoms with Crippen LogP contribution >= 0.6 is 0 Å². The summed E-state index contributed by atoms with van der Waals surface area (Å²) in [7, 11) is 1.03. The van der Waals surface area contributed by atoms with Crippen LogP contribution in [0.2, 0.25) is 0 Å². The number of alkyl halides is 3. The van der Waals surface area contributed by atoms with E-state index in [2.05, 4.69) is 4.74 Å². The quantitative estimate of drug-likeness (QED) is 0.772. The highest BCUT2D eigenvalue weighted by atomic mass is 19.4. The van der Waals surface area contributed by atoms with Crippen LogP contribution in [-0.4, -0.2) is 38.3 Å². The summed E-state index contributed by atoms with van der Waals surface area (Å²) in [6, 6.07) is 9.70. The molecule has 25 heavy (non-hydrogen) atoms. The summed E-state index contributed by atoms with van der Waals surface area (Å²) < 4.78 is 49.0. The zero-order valence-electron chi connectivity index (χ0n) is 13.6. The number of methoxy groups -OCH3 is 1. The molecule has 0 unspecified atom stereocenters. The van der Waals surface area contributed by atoms with E-state index in [0.717, 1.165) is 7.11 Å². The molecule has 2 aromatic rings. The number of anilines is 1. The molecule has 0 heterocycles. The number of ether oxygens (including phenoxy) is 2. The third-order valence-electron chi connectivity index (χ3n) is 3.44. The van der Waals surface area contributed by atoms with Crippen LogP contribution < -0.4 is 9.64 Å². The Morgan fingerprint density at radius 1 is 1.12 bits per heavy atom. The van der Waals surface area contributed by atoms with E-state index in [-0.39, 0.29) is 18.0 Å². The van der Waals surface area contributed by atoms with E-state index in [4.69, 9.17) is 4.74 Å². The molecule has 5 nitrogen and oxygen atoms in total. The van der Waals surface area contributed by atoms with Gasteiger partial charge in [-0.3, -0.25) is 14.5 Å². The van der Waals surface area contributed by atoms with Gasteiger partial charge in [-0.25, -0.2) is 0 Å². The van der Waals surface area contributed by atoms with Gasteiger partial charge in [-0.05, 0) is 18.4 Å². The molecule has 0 aromatic heterocycles. The molecule has 8 heteroatoms. The van der Waals surface area contributed by atoms with Gasteiger partial charge in [-0.1, -0.05) is 30.3 Å². The van der Waals surface area contributed by atoms with Crippen LogP contribution in [0.3, 0.4) is 0 Å². The van der Waals surface area contributed by atoms with Crippen molar-refractivity contribution in [3.8, 4) is 5.75 Å². The fourth-order valence-electron chi connectivity index (χ4n) is 2.38. The number of hydrogen-bond donors (Lipinski definition) is 0. The number of amides is 1. The lowest BCUT2D eigenvalue weighted by atomic mass is 10.1. The molecular weight excluding hydrogens is 339 g/mol. The Morgan fingerprint density at radius 2 is 1.80 bits per heavy atom. The standard InChI is InChI=1S/C17H16F3NO4/c1-3-25-13-9-8-11-6-4-5-7-12(11)15(13)21(10-14(22)24-2)16(23)17(18,19)20/h4-9H,3,10H2,1-2H3. The third-order valence-corrected chi connectivity index (χ3v) is 3.44. The van der Waals surface area contributed by atoms with E-state index in [1.165, 1.54) is 6.07 Å². The summed E-state index contributed by atoms with van der Waals surface area (Å²) in [4.78, 5) is 23.9. The molecule has 134 valence electrons. The summed E-state index contributed by atoms with van der Waals surface area (Å²) in [6.07, 6.45) is -5.16. The van der Waals surface area contributed by atoms with Gasteiger partial charge in [0.1, 0.15) is 12.3 Å². The van der Waals surface area contributed by atoms with Crippen molar-refractivity contribution >= 4 is 28.3 Å². The topological polar surface area (TPSA) is 55.8 Å². The van der Waals surface area contributed by atoms with Gasteiger partial charge in [0.25, 0.3) is 0 Å². The maximum atomic E-state index is 13.1. The summed E-state index contributed by atoms with van der Waals surface area (Å²) in [5.41, 5.74) is -0.118. The highest BCUT2D eigenvalue weighted by Crippen LogP contribution is 2.38. The number of fused-ring (bicyclic) bond motifs is 1. The van der Waals surface area contributed by atoms with Crippen LogP contribution in [0.4, 0.5) is 18.9 Å². The van der Waals surface area contributed by atoms with Crippen molar-refractivity contribution in [3.63, 3.8) is 0 Å². The molecule has 0 fully saturated rings. The molecule has 0 radical (unpaired) electrons. The Morgan fingerprint density at radius 3 is 2.40 bits per heavy atom. The first-order valence-electron chi connectivity index (χ1n) is 7.39. The van der Waals surface area contributed by atoms with Gasteiger partial charge in [-0.15, -0.1) is 0 Å². The molecule has 0 N–H and O–H groups in total. The minimum absolute atomic E-state index is 0.0719. The maximum absolute atomic E-state index is 13.1. The second kappa shape index (κ2) is 7.42. The zero-order chi connectivity index (χ0) is 18.6. The molecule has 0 bridgehead atoms. The Kier molecular flexibility index (Phi) is 5.51. The molecule has 2 rings (SSSR count). The first-order chi connectivity index (χ1) is 11.8. The van der Waals surface area contributed by atoms with E-state index in [1.807, 2.05) is 0 Å². The van der Waals surface area contributed by atoms with Crippen LogP contribution in [0.5, 0.6) is 5.75 Å². The number of carbonyl (C=O) groups is 2. The predicted octanol–water partition coefficient (Wildman–Crippen LogP) is 3.31. The van der Waals surface area contributed by atoms with E-state index >= 15 is 0 Å². The molecule has 0 aliphatic heterocycles.